The largest absolute Gasteiger partial charge is 0.391 e. The number of nitrogens with zero attached hydrogens (tertiary/aromatic N) is 1. The topological polar surface area (TPSA) is 23.5 Å². The third kappa shape index (κ3) is 3.60. The molecule has 2 nitrogen and oxygen atoms in total. The van der Waals surface area contributed by atoms with Gasteiger partial charge in [0.05, 0.1) is 10.6 Å². The van der Waals surface area contributed by atoms with Crippen molar-refractivity contribution in [3.63, 3.8) is 0 Å². The van der Waals surface area contributed by atoms with E-state index in [2.05, 4.69) is 34.7 Å². The Kier molecular flexibility index (Phi) is 5.21. The molecule has 0 spiro atoms. The van der Waals surface area contributed by atoms with E-state index in [1.807, 2.05) is 0 Å². The van der Waals surface area contributed by atoms with Crippen molar-refractivity contribution in [2.24, 2.45) is 0 Å². The smallest absolute Gasteiger partial charge is 0.137 e. The van der Waals surface area contributed by atoms with Gasteiger partial charge in [0.2, 0.25) is 0 Å². The van der Waals surface area contributed by atoms with Crippen molar-refractivity contribution >= 4 is 15.9 Å². The highest BCUT2D eigenvalue weighted by atomic mass is 79.9. The molecule has 0 aromatic heterocycles. The van der Waals surface area contributed by atoms with Crippen LogP contribution in [0.1, 0.15) is 38.7 Å². The molecule has 1 atom stereocenters. The molecule has 0 aliphatic carbocycles. The van der Waals surface area contributed by atoms with Gasteiger partial charge >= 0.3 is 0 Å². The Morgan fingerprint density at radius 1 is 1.30 bits per heavy atom. The van der Waals surface area contributed by atoms with Crippen LogP contribution in [0.2, 0.25) is 0 Å². The molecule has 0 saturated carbocycles. The molecule has 2 rings (SSSR count). The predicted molar refractivity (Wildman–Crippen MR) is 83.3 cm³/mol. The van der Waals surface area contributed by atoms with Crippen molar-refractivity contribution in [3.8, 4) is 0 Å². The molecule has 1 heterocycles. The quantitative estimate of drug-likeness (QED) is 0.899. The molecule has 4 heteroatoms. The van der Waals surface area contributed by atoms with E-state index in [9.17, 15) is 9.50 Å². The first-order chi connectivity index (χ1) is 9.41. The van der Waals surface area contributed by atoms with E-state index in [1.54, 1.807) is 12.1 Å². The Bertz CT molecular complexity index is 458. The van der Waals surface area contributed by atoms with E-state index in [1.165, 1.54) is 25.3 Å². The zero-order chi connectivity index (χ0) is 14.8. The molecule has 1 aromatic carbocycles. The van der Waals surface area contributed by atoms with Crippen LogP contribution in [0.3, 0.4) is 0 Å². The molecular formula is C16H23BrFNO. The van der Waals surface area contributed by atoms with E-state index < -0.39 is 6.10 Å². The molecule has 1 aromatic rings. The molecule has 20 heavy (non-hydrogen) atoms. The van der Waals surface area contributed by atoms with Gasteiger partial charge in [0.25, 0.3) is 0 Å². The number of likely N-dealkylation sites (tertiary alicyclic amines) is 1. The number of benzene rings is 1. The Morgan fingerprint density at radius 3 is 2.55 bits per heavy atom. The van der Waals surface area contributed by atoms with E-state index in [-0.39, 0.29) is 11.4 Å². The monoisotopic (exact) mass is 343 g/mol. The van der Waals surface area contributed by atoms with Crippen LogP contribution in [0.4, 0.5) is 4.39 Å². The van der Waals surface area contributed by atoms with Gasteiger partial charge in [-0.15, -0.1) is 0 Å². The number of hydrogen-bond donors (Lipinski definition) is 1. The molecule has 1 aliphatic heterocycles. The van der Waals surface area contributed by atoms with Crippen molar-refractivity contribution in [1.29, 1.82) is 0 Å². The minimum Gasteiger partial charge on any atom is -0.391 e. The maximum absolute atomic E-state index is 13.2. The van der Waals surface area contributed by atoms with Gasteiger partial charge in [-0.05, 0) is 73.4 Å². The summed E-state index contributed by atoms with van der Waals surface area (Å²) in [6, 6.07) is 4.94. The van der Waals surface area contributed by atoms with Crippen LogP contribution in [0.15, 0.2) is 22.7 Å². The van der Waals surface area contributed by atoms with Crippen molar-refractivity contribution in [2.75, 3.05) is 13.1 Å². The third-order valence-electron chi connectivity index (χ3n) is 4.40. The number of aliphatic hydroxyl groups excluding tert-OH is 1. The van der Waals surface area contributed by atoms with Crippen LogP contribution in [0, 0.1) is 5.82 Å². The first kappa shape index (κ1) is 15.9. The van der Waals surface area contributed by atoms with Crippen LogP contribution < -0.4 is 0 Å². The second-order valence-corrected chi connectivity index (χ2v) is 7.02. The lowest BCUT2D eigenvalue weighted by Gasteiger charge is -2.44. The van der Waals surface area contributed by atoms with E-state index >= 15 is 0 Å². The van der Waals surface area contributed by atoms with Crippen LogP contribution >= 0.6 is 15.9 Å². The summed E-state index contributed by atoms with van der Waals surface area (Å²) in [5.74, 6) is -0.265. The average molecular weight is 344 g/mol. The first-order valence-electron chi connectivity index (χ1n) is 7.28. The van der Waals surface area contributed by atoms with Gasteiger partial charge in [0.1, 0.15) is 5.82 Å². The fourth-order valence-corrected chi connectivity index (χ4v) is 3.25. The van der Waals surface area contributed by atoms with Crippen molar-refractivity contribution < 1.29 is 9.50 Å². The summed E-state index contributed by atoms with van der Waals surface area (Å²) >= 11 is 3.20. The summed E-state index contributed by atoms with van der Waals surface area (Å²) in [5.41, 5.74) is 0.706. The normalized spacial score (nSPS) is 19.1. The Morgan fingerprint density at radius 2 is 1.95 bits per heavy atom. The van der Waals surface area contributed by atoms with E-state index in [0.717, 1.165) is 18.7 Å². The number of aliphatic hydroxyl groups is 1. The number of halogens is 2. The molecule has 0 amide bonds. The van der Waals surface area contributed by atoms with Crippen LogP contribution in [-0.4, -0.2) is 34.7 Å². The van der Waals surface area contributed by atoms with Gasteiger partial charge < -0.3 is 5.11 Å². The fourth-order valence-electron chi connectivity index (χ4n) is 2.82. The number of hydrogen-bond acceptors (Lipinski definition) is 2. The SMILES string of the molecule is CC(C)(C(O)Cc1ccc(F)c(Br)c1)N1CCCCC1. The summed E-state index contributed by atoms with van der Waals surface area (Å²) < 4.78 is 13.7. The lowest BCUT2D eigenvalue weighted by molar-refractivity contribution is -0.0187. The predicted octanol–water partition coefficient (Wildman–Crippen LogP) is 3.76. The maximum atomic E-state index is 13.2. The van der Waals surface area contributed by atoms with Gasteiger partial charge in [-0.3, -0.25) is 4.90 Å². The van der Waals surface area contributed by atoms with Crippen LogP contribution in [0.5, 0.6) is 0 Å². The van der Waals surface area contributed by atoms with Crippen molar-refractivity contribution in [2.45, 2.75) is 51.2 Å². The zero-order valence-corrected chi connectivity index (χ0v) is 13.8. The van der Waals surface area contributed by atoms with Crippen LogP contribution in [-0.2, 0) is 6.42 Å². The Labute approximate surface area is 129 Å². The van der Waals surface area contributed by atoms with Crippen molar-refractivity contribution in [3.05, 3.63) is 34.1 Å². The highest BCUT2D eigenvalue weighted by Gasteiger charge is 2.34. The van der Waals surface area contributed by atoms with Gasteiger partial charge in [0, 0.05) is 12.0 Å². The lowest BCUT2D eigenvalue weighted by atomic mass is 9.88. The highest BCUT2D eigenvalue weighted by Crippen LogP contribution is 2.27. The van der Waals surface area contributed by atoms with Gasteiger partial charge in [-0.25, -0.2) is 4.39 Å². The number of rotatable bonds is 4. The summed E-state index contributed by atoms with van der Waals surface area (Å²) in [4.78, 5) is 2.37. The molecule has 1 aliphatic rings. The van der Waals surface area contributed by atoms with Gasteiger partial charge in [0.15, 0.2) is 0 Å². The summed E-state index contributed by atoms with van der Waals surface area (Å²) in [5, 5.41) is 10.6. The fraction of sp³-hybridized carbons (Fsp3) is 0.625. The average Bonchev–Trinajstić information content (AvgIpc) is 2.44. The summed E-state index contributed by atoms with van der Waals surface area (Å²) in [7, 11) is 0. The van der Waals surface area contributed by atoms with E-state index in [0.29, 0.717) is 10.9 Å². The lowest BCUT2D eigenvalue weighted by Crippen LogP contribution is -2.54. The van der Waals surface area contributed by atoms with Crippen molar-refractivity contribution in [1.82, 2.24) is 4.90 Å². The zero-order valence-electron chi connectivity index (χ0n) is 12.2. The Hall–Kier alpha value is -0.450. The molecule has 1 unspecified atom stereocenters. The van der Waals surface area contributed by atoms with E-state index in [4.69, 9.17) is 0 Å². The Balaban J connectivity index is 2.05. The van der Waals surface area contributed by atoms with Gasteiger partial charge in [-0.1, -0.05) is 12.5 Å². The molecule has 1 saturated heterocycles. The van der Waals surface area contributed by atoms with Crippen LogP contribution in [0.25, 0.3) is 0 Å². The molecule has 112 valence electrons. The third-order valence-corrected chi connectivity index (χ3v) is 5.01. The molecule has 0 bridgehead atoms. The minimum absolute atomic E-state index is 0.249. The second kappa shape index (κ2) is 6.54. The molecular weight excluding hydrogens is 321 g/mol. The highest BCUT2D eigenvalue weighted by molar-refractivity contribution is 9.10. The minimum atomic E-state index is -0.460. The number of piperidine rings is 1. The summed E-state index contributed by atoms with van der Waals surface area (Å²) in [6.45, 7) is 6.30. The standard InChI is InChI=1S/C16H23BrFNO/c1-16(2,19-8-4-3-5-9-19)15(20)11-12-6-7-14(18)13(17)10-12/h6-7,10,15,20H,3-5,8-9,11H2,1-2H3. The maximum Gasteiger partial charge on any atom is 0.137 e. The first-order valence-corrected chi connectivity index (χ1v) is 8.07. The molecule has 1 N–H and O–H groups in total. The van der Waals surface area contributed by atoms with Gasteiger partial charge in [-0.2, -0.15) is 0 Å². The molecule has 0 radical (unpaired) electrons. The molecule has 1 fully saturated rings. The second-order valence-electron chi connectivity index (χ2n) is 6.17. The summed E-state index contributed by atoms with van der Waals surface area (Å²) in [6.07, 6.45) is 3.78.